The van der Waals surface area contributed by atoms with Crippen LogP contribution in [0.2, 0.25) is 0 Å². The normalized spacial score (nSPS) is 10.2. The average molecular weight is 268 g/mol. The van der Waals surface area contributed by atoms with Gasteiger partial charge in [0, 0.05) is 25.4 Å². The van der Waals surface area contributed by atoms with Crippen molar-refractivity contribution in [2.75, 3.05) is 33.5 Å². The molecule has 1 N–H and O–H groups in total. The number of carbonyl (C=O) groups excluding carboxylic acids is 1. The van der Waals surface area contributed by atoms with E-state index >= 15 is 0 Å². The number of hydrogen-bond donors (Lipinski definition) is 1. The summed E-state index contributed by atoms with van der Waals surface area (Å²) in [6, 6.07) is 3.67. The first kappa shape index (κ1) is 15.4. The fraction of sp³-hybridized carbons (Fsp3) is 0.538. The summed E-state index contributed by atoms with van der Waals surface area (Å²) in [5.41, 5.74) is 0.842. The largest absolute Gasteiger partial charge is 0.478 e. The van der Waals surface area contributed by atoms with Gasteiger partial charge in [0.1, 0.15) is 6.61 Å². The smallest absolute Gasteiger partial charge is 0.246 e. The maximum absolute atomic E-state index is 11.5. The van der Waals surface area contributed by atoms with Gasteiger partial charge in [0.05, 0.1) is 19.8 Å². The number of ether oxygens (including phenoxy) is 3. The lowest BCUT2D eigenvalue weighted by Gasteiger charge is -2.10. The van der Waals surface area contributed by atoms with Gasteiger partial charge in [0.15, 0.2) is 0 Å². The lowest BCUT2D eigenvalue weighted by molar-refractivity contribution is -0.126. The van der Waals surface area contributed by atoms with Crippen molar-refractivity contribution in [3.05, 3.63) is 23.9 Å². The van der Waals surface area contributed by atoms with Gasteiger partial charge in [-0.25, -0.2) is 4.98 Å². The van der Waals surface area contributed by atoms with Crippen LogP contribution in [0.15, 0.2) is 18.3 Å². The third-order valence-corrected chi connectivity index (χ3v) is 2.27. The fourth-order valence-corrected chi connectivity index (χ4v) is 1.38. The monoisotopic (exact) mass is 268 g/mol. The Kier molecular flexibility index (Phi) is 7.53. The van der Waals surface area contributed by atoms with Gasteiger partial charge < -0.3 is 19.5 Å². The van der Waals surface area contributed by atoms with Crippen LogP contribution in [0.1, 0.15) is 12.5 Å². The van der Waals surface area contributed by atoms with Crippen LogP contribution >= 0.6 is 0 Å². The quantitative estimate of drug-likeness (QED) is 0.670. The second-order valence-corrected chi connectivity index (χ2v) is 3.72. The van der Waals surface area contributed by atoms with E-state index < -0.39 is 0 Å². The number of hydrogen-bond acceptors (Lipinski definition) is 5. The van der Waals surface area contributed by atoms with Crippen molar-refractivity contribution in [2.45, 2.75) is 13.5 Å². The van der Waals surface area contributed by atoms with Crippen molar-refractivity contribution < 1.29 is 19.0 Å². The van der Waals surface area contributed by atoms with Gasteiger partial charge in [-0.1, -0.05) is 6.07 Å². The van der Waals surface area contributed by atoms with E-state index in [1.54, 1.807) is 19.4 Å². The van der Waals surface area contributed by atoms with Gasteiger partial charge in [-0.3, -0.25) is 4.79 Å². The van der Waals surface area contributed by atoms with Crippen LogP contribution in [0.5, 0.6) is 5.88 Å². The maximum Gasteiger partial charge on any atom is 0.246 e. The standard InChI is InChI=1S/C13H20N2O4/c1-3-19-13-11(5-4-6-14-13)9-15-12(16)10-18-8-7-17-2/h4-6H,3,7-10H2,1-2H3,(H,15,16). The molecule has 0 spiro atoms. The highest BCUT2D eigenvalue weighted by atomic mass is 16.5. The molecule has 1 heterocycles. The van der Waals surface area contributed by atoms with E-state index in [2.05, 4.69) is 10.3 Å². The number of nitrogens with zero attached hydrogens (tertiary/aromatic N) is 1. The molecule has 0 aromatic carbocycles. The van der Waals surface area contributed by atoms with E-state index in [0.717, 1.165) is 5.56 Å². The molecule has 6 heteroatoms. The van der Waals surface area contributed by atoms with Crippen molar-refractivity contribution in [1.29, 1.82) is 0 Å². The summed E-state index contributed by atoms with van der Waals surface area (Å²) in [6.07, 6.45) is 1.66. The Morgan fingerprint density at radius 1 is 1.42 bits per heavy atom. The zero-order chi connectivity index (χ0) is 13.9. The number of aromatic nitrogens is 1. The minimum Gasteiger partial charge on any atom is -0.478 e. The maximum atomic E-state index is 11.5. The van der Waals surface area contributed by atoms with Crippen molar-refractivity contribution in [3.63, 3.8) is 0 Å². The lowest BCUT2D eigenvalue weighted by atomic mass is 10.2. The summed E-state index contributed by atoms with van der Waals surface area (Å²) in [5.74, 6) is 0.369. The van der Waals surface area contributed by atoms with E-state index in [9.17, 15) is 4.79 Å². The number of rotatable bonds is 9. The molecule has 0 atom stereocenters. The van der Waals surface area contributed by atoms with Gasteiger partial charge in [0.25, 0.3) is 0 Å². The van der Waals surface area contributed by atoms with Crippen LogP contribution < -0.4 is 10.1 Å². The first-order valence-electron chi connectivity index (χ1n) is 6.18. The third kappa shape index (κ3) is 6.17. The van der Waals surface area contributed by atoms with Gasteiger partial charge in [-0.2, -0.15) is 0 Å². The van der Waals surface area contributed by atoms with Gasteiger partial charge in [-0.15, -0.1) is 0 Å². The highest BCUT2D eigenvalue weighted by Gasteiger charge is 2.06. The molecule has 0 bridgehead atoms. The SMILES string of the molecule is CCOc1ncccc1CNC(=O)COCCOC. The molecule has 0 unspecified atom stereocenters. The molecular weight excluding hydrogens is 248 g/mol. The first-order valence-corrected chi connectivity index (χ1v) is 6.18. The average Bonchev–Trinajstić information content (AvgIpc) is 2.43. The summed E-state index contributed by atoms with van der Waals surface area (Å²) in [6.45, 7) is 3.70. The van der Waals surface area contributed by atoms with Crippen LogP contribution in [0.3, 0.4) is 0 Å². The van der Waals surface area contributed by atoms with Gasteiger partial charge >= 0.3 is 0 Å². The van der Waals surface area contributed by atoms with Crippen molar-refractivity contribution in [1.82, 2.24) is 10.3 Å². The number of carbonyl (C=O) groups is 1. The number of pyridine rings is 1. The van der Waals surface area contributed by atoms with Crippen LogP contribution in [-0.2, 0) is 20.8 Å². The summed E-state index contributed by atoms with van der Waals surface area (Å²) in [4.78, 5) is 15.6. The molecule has 106 valence electrons. The Morgan fingerprint density at radius 3 is 3.00 bits per heavy atom. The molecule has 0 radical (unpaired) electrons. The van der Waals surface area contributed by atoms with Crippen molar-refractivity contribution in [2.24, 2.45) is 0 Å². The summed E-state index contributed by atoms with van der Waals surface area (Å²) >= 11 is 0. The molecule has 1 aromatic heterocycles. The molecule has 0 aliphatic heterocycles. The van der Waals surface area contributed by atoms with Gasteiger partial charge in [-0.05, 0) is 13.0 Å². The molecule has 0 saturated heterocycles. The van der Waals surface area contributed by atoms with Crippen LogP contribution in [0.4, 0.5) is 0 Å². The number of methoxy groups -OCH3 is 1. The van der Waals surface area contributed by atoms with E-state index in [1.165, 1.54) is 0 Å². The predicted molar refractivity (Wildman–Crippen MR) is 69.9 cm³/mol. The van der Waals surface area contributed by atoms with E-state index in [4.69, 9.17) is 14.2 Å². The van der Waals surface area contributed by atoms with Gasteiger partial charge in [0.2, 0.25) is 11.8 Å². The zero-order valence-corrected chi connectivity index (χ0v) is 11.3. The Bertz CT molecular complexity index is 385. The lowest BCUT2D eigenvalue weighted by Crippen LogP contribution is -2.28. The van der Waals surface area contributed by atoms with E-state index in [-0.39, 0.29) is 12.5 Å². The molecule has 1 amide bonds. The highest BCUT2D eigenvalue weighted by molar-refractivity contribution is 5.77. The van der Waals surface area contributed by atoms with Crippen LogP contribution in [0, 0.1) is 0 Å². The molecule has 0 saturated carbocycles. The minimum absolute atomic E-state index is 0.0214. The Hall–Kier alpha value is -1.66. The Morgan fingerprint density at radius 2 is 2.26 bits per heavy atom. The molecular formula is C13H20N2O4. The zero-order valence-electron chi connectivity index (χ0n) is 11.3. The Balaban J connectivity index is 2.33. The minimum atomic E-state index is -0.178. The topological polar surface area (TPSA) is 69.7 Å². The first-order chi connectivity index (χ1) is 9.27. The number of amides is 1. The molecule has 1 rings (SSSR count). The Labute approximate surface area is 113 Å². The predicted octanol–water partition coefficient (Wildman–Crippen LogP) is 0.759. The third-order valence-electron chi connectivity index (χ3n) is 2.27. The molecule has 0 aliphatic carbocycles. The molecule has 0 fully saturated rings. The molecule has 1 aromatic rings. The van der Waals surface area contributed by atoms with Crippen LogP contribution in [-0.4, -0.2) is 44.4 Å². The summed E-state index contributed by atoms with van der Waals surface area (Å²) in [7, 11) is 1.58. The molecule has 0 aliphatic rings. The van der Waals surface area contributed by atoms with Crippen molar-refractivity contribution >= 4 is 5.91 Å². The summed E-state index contributed by atoms with van der Waals surface area (Å²) in [5, 5.41) is 2.75. The second kappa shape index (κ2) is 9.29. The highest BCUT2D eigenvalue weighted by Crippen LogP contribution is 2.13. The molecule has 6 nitrogen and oxygen atoms in total. The van der Waals surface area contributed by atoms with E-state index in [1.807, 2.05) is 13.0 Å². The fourth-order valence-electron chi connectivity index (χ4n) is 1.38. The number of nitrogens with one attached hydrogen (secondary N) is 1. The second-order valence-electron chi connectivity index (χ2n) is 3.72. The summed E-state index contributed by atoms with van der Waals surface area (Å²) < 4.78 is 15.3. The van der Waals surface area contributed by atoms with Crippen molar-refractivity contribution in [3.8, 4) is 5.88 Å². The van der Waals surface area contributed by atoms with Crippen LogP contribution in [0.25, 0.3) is 0 Å². The van der Waals surface area contributed by atoms with E-state index in [0.29, 0.717) is 32.2 Å². The molecule has 19 heavy (non-hydrogen) atoms.